The van der Waals surface area contributed by atoms with Gasteiger partial charge in [0.25, 0.3) is 0 Å². The van der Waals surface area contributed by atoms with E-state index in [1.807, 2.05) is 6.92 Å². The highest BCUT2D eigenvalue weighted by Crippen LogP contribution is 2.26. The topological polar surface area (TPSA) is 364 Å². The Balaban J connectivity index is 0.000000384. The minimum absolute atomic E-state index is 0.0465. The Morgan fingerprint density at radius 2 is 0.883 bits per heavy atom. The lowest BCUT2D eigenvalue weighted by molar-refractivity contribution is 0.0676. The Kier molecular flexibility index (Phi) is 12.5. The fourth-order valence-corrected chi connectivity index (χ4v) is 5.29. The van der Waals surface area contributed by atoms with E-state index >= 15 is 0 Å². The van der Waals surface area contributed by atoms with Crippen LogP contribution in [0.15, 0.2) is 84.2 Å². The van der Waals surface area contributed by atoms with Crippen molar-refractivity contribution in [2.24, 2.45) is 5.11 Å². The number of Topliss-reactive ketones (excluding diaryl/α,β-unsaturated/α-hetero) is 1. The first kappa shape index (κ1) is 42.0. The predicted octanol–water partition coefficient (Wildman–Crippen LogP) is 5.38. The zero-order valence-electron chi connectivity index (χ0n) is 30.4. The van der Waals surface area contributed by atoms with Crippen molar-refractivity contribution in [1.29, 1.82) is 0 Å². The highest BCUT2D eigenvalue weighted by Gasteiger charge is 2.20. The first-order valence-corrected chi connectivity index (χ1v) is 16.8. The zero-order valence-corrected chi connectivity index (χ0v) is 30.4. The van der Waals surface area contributed by atoms with Gasteiger partial charge in [0.2, 0.25) is 0 Å². The molecule has 0 radical (unpaired) electrons. The molecule has 0 unspecified atom stereocenters. The number of nitrogens with zero attached hydrogens (tertiary/aromatic N) is 10. The average Bonchev–Trinajstić information content (AvgIpc) is 3.92. The van der Waals surface area contributed by atoms with E-state index in [2.05, 4.69) is 35.6 Å². The van der Waals surface area contributed by atoms with Gasteiger partial charge in [-0.1, -0.05) is 22.5 Å². The number of carbonyl (C=O) groups excluding carboxylic acids is 1. The largest absolute Gasteiger partial charge is 0.478 e. The standard InChI is InChI=1S/C29H21N7O9.C8H5N3O4/c1-2-3-25(37)14-10-21(23-12-35(33-31-23)19-6-15(26(38)39)4-16(7-19)27(40)41)30-22(11-14)24-13-36(34-32-24)20-8-17(28(42)43)5-18(9-20)29(44)45;9-11-10-6-2-4(7(12)13)1-5(3-6)8(14)15/h4-13H,2-3H2,1H3,(H,38,39)(H,40,41)(H,42,43)(H,44,45);1-3H,(H,12,13)(H,14,15). The summed E-state index contributed by atoms with van der Waals surface area (Å²) in [6, 6.07) is 13.1. The van der Waals surface area contributed by atoms with Gasteiger partial charge in [0.05, 0.1) is 68.5 Å². The number of pyridine rings is 1. The molecule has 0 bridgehead atoms. The third-order valence-corrected chi connectivity index (χ3v) is 8.06. The Labute approximate surface area is 333 Å². The summed E-state index contributed by atoms with van der Waals surface area (Å²) in [6.45, 7) is 1.84. The molecule has 3 aromatic heterocycles. The summed E-state index contributed by atoms with van der Waals surface area (Å²) >= 11 is 0. The lowest BCUT2D eigenvalue weighted by Gasteiger charge is -2.06. The molecule has 302 valence electrons. The normalized spacial score (nSPS) is 10.4. The van der Waals surface area contributed by atoms with Crippen molar-refractivity contribution in [3.05, 3.63) is 129 Å². The molecule has 0 fully saturated rings. The van der Waals surface area contributed by atoms with Gasteiger partial charge in [-0.05, 0) is 78.7 Å². The minimum atomic E-state index is -1.34. The van der Waals surface area contributed by atoms with Gasteiger partial charge in [-0.2, -0.15) is 0 Å². The molecule has 0 spiro atoms. The molecule has 23 heteroatoms. The molecule has 0 amide bonds. The van der Waals surface area contributed by atoms with Crippen molar-refractivity contribution >= 4 is 47.3 Å². The third-order valence-electron chi connectivity index (χ3n) is 8.06. The number of aromatic nitrogens is 7. The summed E-state index contributed by atoms with van der Waals surface area (Å²) in [6.07, 6.45) is 3.56. The molecule has 23 nitrogen and oxygen atoms in total. The van der Waals surface area contributed by atoms with Crippen LogP contribution in [-0.4, -0.2) is 107 Å². The van der Waals surface area contributed by atoms with Gasteiger partial charge in [0.15, 0.2) is 5.78 Å². The number of carboxylic acid groups (broad SMARTS) is 6. The highest BCUT2D eigenvalue weighted by atomic mass is 16.4. The molecule has 3 heterocycles. The van der Waals surface area contributed by atoms with Crippen LogP contribution in [0.1, 0.15) is 92.3 Å². The van der Waals surface area contributed by atoms with Crippen LogP contribution >= 0.6 is 0 Å². The van der Waals surface area contributed by atoms with Crippen LogP contribution in [0.25, 0.3) is 44.6 Å². The third kappa shape index (κ3) is 9.81. The number of carbonyl (C=O) groups is 7. The number of aromatic carboxylic acids is 6. The van der Waals surface area contributed by atoms with E-state index in [0.29, 0.717) is 6.42 Å². The molecule has 0 aliphatic heterocycles. The number of benzene rings is 3. The van der Waals surface area contributed by atoms with E-state index in [1.165, 1.54) is 58.2 Å². The van der Waals surface area contributed by atoms with Gasteiger partial charge in [-0.3, -0.25) is 4.79 Å². The summed E-state index contributed by atoms with van der Waals surface area (Å²) < 4.78 is 2.34. The maximum absolute atomic E-state index is 12.9. The lowest BCUT2D eigenvalue weighted by atomic mass is 10.0. The molecular formula is C37H26N10O13. The van der Waals surface area contributed by atoms with Gasteiger partial charge >= 0.3 is 35.8 Å². The summed E-state index contributed by atoms with van der Waals surface area (Å²) in [5, 5.41) is 74.3. The summed E-state index contributed by atoms with van der Waals surface area (Å²) in [5.41, 5.74) is 7.68. The van der Waals surface area contributed by atoms with E-state index in [0.717, 1.165) is 30.3 Å². The second-order valence-electron chi connectivity index (χ2n) is 12.2. The van der Waals surface area contributed by atoms with Gasteiger partial charge in [0, 0.05) is 22.6 Å². The van der Waals surface area contributed by atoms with Crippen LogP contribution in [0, 0.1) is 0 Å². The molecule has 6 aromatic rings. The molecular weight excluding hydrogens is 792 g/mol. The predicted molar refractivity (Wildman–Crippen MR) is 201 cm³/mol. The minimum Gasteiger partial charge on any atom is -0.478 e. The first-order chi connectivity index (χ1) is 28.5. The van der Waals surface area contributed by atoms with Crippen molar-refractivity contribution in [2.45, 2.75) is 19.8 Å². The molecule has 0 aliphatic carbocycles. The first-order valence-electron chi connectivity index (χ1n) is 16.8. The molecule has 6 N–H and O–H groups in total. The van der Waals surface area contributed by atoms with Crippen LogP contribution in [0.4, 0.5) is 5.69 Å². The molecule has 3 aromatic carbocycles. The van der Waals surface area contributed by atoms with Crippen molar-refractivity contribution < 1.29 is 64.2 Å². The maximum Gasteiger partial charge on any atom is 0.335 e. The molecule has 0 saturated heterocycles. The van der Waals surface area contributed by atoms with Crippen LogP contribution < -0.4 is 0 Å². The fourth-order valence-electron chi connectivity index (χ4n) is 5.29. The molecule has 60 heavy (non-hydrogen) atoms. The molecule has 0 aliphatic rings. The number of hydrogen-bond acceptors (Lipinski definition) is 13. The molecule has 0 atom stereocenters. The Morgan fingerprint density at radius 1 is 0.533 bits per heavy atom. The average molecular weight is 819 g/mol. The van der Waals surface area contributed by atoms with Crippen molar-refractivity contribution in [3.63, 3.8) is 0 Å². The number of carboxylic acids is 6. The Morgan fingerprint density at radius 3 is 1.20 bits per heavy atom. The van der Waals surface area contributed by atoms with Gasteiger partial charge in [-0.25, -0.2) is 43.1 Å². The highest BCUT2D eigenvalue weighted by molar-refractivity contribution is 5.98. The second-order valence-corrected chi connectivity index (χ2v) is 12.2. The van der Waals surface area contributed by atoms with E-state index in [9.17, 15) is 54.0 Å². The summed E-state index contributed by atoms with van der Waals surface area (Å²) in [5.74, 6) is -8.13. The van der Waals surface area contributed by atoms with Crippen LogP contribution in [0.2, 0.25) is 0 Å². The van der Waals surface area contributed by atoms with Crippen LogP contribution in [0.5, 0.6) is 0 Å². The lowest BCUT2D eigenvalue weighted by Crippen LogP contribution is -2.06. The van der Waals surface area contributed by atoms with Crippen molar-refractivity contribution in [2.75, 3.05) is 0 Å². The van der Waals surface area contributed by atoms with Crippen molar-refractivity contribution in [1.82, 2.24) is 35.0 Å². The molecule has 6 rings (SSSR count). The Hall–Kier alpha value is -9.11. The number of ketones is 1. The molecule has 0 saturated carbocycles. The van der Waals surface area contributed by atoms with Crippen LogP contribution in [-0.2, 0) is 0 Å². The van der Waals surface area contributed by atoms with Gasteiger partial charge in [0.1, 0.15) is 11.4 Å². The van der Waals surface area contributed by atoms with Gasteiger partial charge < -0.3 is 30.6 Å². The zero-order chi connectivity index (χ0) is 43.8. The maximum atomic E-state index is 12.9. The van der Waals surface area contributed by atoms with E-state index in [-0.39, 0.29) is 91.0 Å². The Bertz CT molecular complexity index is 2550. The summed E-state index contributed by atoms with van der Waals surface area (Å²) in [7, 11) is 0. The van der Waals surface area contributed by atoms with E-state index in [4.69, 9.17) is 15.7 Å². The monoisotopic (exact) mass is 818 g/mol. The SMILES string of the molecule is CCCC(=O)c1cc(-c2cn(-c3cc(C(=O)O)cc(C(=O)O)c3)nn2)nc(-c2cn(-c3cc(C(=O)O)cc(C(=O)O)c3)nn2)c1.[N-]=[N+]=Nc1cc(C(=O)O)cc(C(=O)O)c1. The number of hydrogen-bond donors (Lipinski definition) is 6. The van der Waals surface area contributed by atoms with E-state index in [1.54, 1.807) is 0 Å². The number of azide groups is 1. The second kappa shape index (κ2) is 17.8. The van der Waals surface area contributed by atoms with Crippen molar-refractivity contribution in [3.8, 4) is 34.2 Å². The smallest absolute Gasteiger partial charge is 0.335 e. The number of rotatable bonds is 14. The quantitative estimate of drug-likeness (QED) is 0.0347. The van der Waals surface area contributed by atoms with Gasteiger partial charge in [-0.15, -0.1) is 10.2 Å². The van der Waals surface area contributed by atoms with Crippen LogP contribution in [0.3, 0.4) is 0 Å². The summed E-state index contributed by atoms with van der Waals surface area (Å²) in [4.78, 5) is 87.4. The fraction of sp³-hybridized carbons (Fsp3) is 0.0811. The van der Waals surface area contributed by atoms with E-state index < -0.39 is 35.8 Å².